The van der Waals surface area contributed by atoms with Crippen LogP contribution in [0.3, 0.4) is 0 Å². The molecule has 1 aliphatic rings. The molecule has 0 spiro atoms. The van der Waals surface area contributed by atoms with Crippen LogP contribution in [0.2, 0.25) is 0 Å². The van der Waals surface area contributed by atoms with Gasteiger partial charge in [-0.2, -0.15) is 0 Å². The number of anilines is 1. The van der Waals surface area contributed by atoms with Crippen LogP contribution in [-0.4, -0.2) is 22.0 Å². The molecule has 0 radical (unpaired) electrons. The molecule has 0 unspecified atom stereocenters. The van der Waals surface area contributed by atoms with Crippen LogP contribution in [0, 0.1) is 13.8 Å². The highest BCUT2D eigenvalue weighted by Gasteiger charge is 2.32. The average molecular weight is 345 g/mol. The molecule has 132 valence electrons. The van der Waals surface area contributed by atoms with Gasteiger partial charge in [0, 0.05) is 30.7 Å². The fourth-order valence-electron chi connectivity index (χ4n) is 3.74. The van der Waals surface area contributed by atoms with Crippen molar-refractivity contribution in [2.75, 3.05) is 11.9 Å². The molecule has 1 N–H and O–H groups in total. The fourth-order valence-corrected chi connectivity index (χ4v) is 3.74. The van der Waals surface area contributed by atoms with Crippen molar-refractivity contribution in [1.29, 1.82) is 0 Å². The molecule has 4 heteroatoms. The minimum absolute atomic E-state index is 0.0590. The molecule has 4 nitrogen and oxygen atoms in total. The Kier molecular flexibility index (Phi) is 4.25. The molecule has 0 aliphatic carbocycles. The maximum absolute atomic E-state index is 13.1. The van der Waals surface area contributed by atoms with E-state index in [4.69, 9.17) is 0 Å². The van der Waals surface area contributed by atoms with Crippen LogP contribution >= 0.6 is 0 Å². The van der Waals surface area contributed by atoms with Gasteiger partial charge in [0.2, 0.25) is 0 Å². The van der Waals surface area contributed by atoms with Crippen LogP contribution in [0.4, 0.5) is 10.5 Å². The number of rotatable bonds is 2. The number of nitrogens with one attached hydrogen (secondary N) is 1. The molecule has 3 aromatic rings. The summed E-state index contributed by atoms with van der Waals surface area (Å²) in [6.07, 6.45) is 2.09. The Morgan fingerprint density at radius 1 is 1.00 bits per heavy atom. The number of nitrogens with zero attached hydrogens (tertiary/aromatic N) is 2. The van der Waals surface area contributed by atoms with E-state index in [9.17, 15) is 4.79 Å². The van der Waals surface area contributed by atoms with Gasteiger partial charge in [0.15, 0.2) is 0 Å². The van der Waals surface area contributed by atoms with E-state index in [1.54, 1.807) is 0 Å². The summed E-state index contributed by atoms with van der Waals surface area (Å²) in [6, 6.07) is 20.3. The van der Waals surface area contributed by atoms with Crippen LogP contribution in [0.15, 0.2) is 66.9 Å². The molecule has 0 fully saturated rings. The Morgan fingerprint density at radius 3 is 2.65 bits per heavy atom. The van der Waals surface area contributed by atoms with Crippen LogP contribution in [0.5, 0.6) is 0 Å². The molecule has 2 heterocycles. The lowest BCUT2D eigenvalue weighted by Gasteiger charge is -2.38. The molecular weight excluding hydrogens is 322 g/mol. The van der Waals surface area contributed by atoms with Crippen molar-refractivity contribution < 1.29 is 4.79 Å². The molecule has 2 amide bonds. The van der Waals surface area contributed by atoms with Crippen molar-refractivity contribution >= 4 is 11.7 Å². The Hall–Kier alpha value is -3.01. The zero-order valence-electron chi connectivity index (χ0n) is 15.1. The lowest BCUT2D eigenvalue weighted by molar-refractivity contribution is 0.181. The average Bonchev–Trinajstić information content (AvgIpc) is 3.10. The van der Waals surface area contributed by atoms with E-state index in [0.717, 1.165) is 23.5 Å². The van der Waals surface area contributed by atoms with E-state index in [-0.39, 0.29) is 12.1 Å². The second-order valence-electron chi connectivity index (χ2n) is 6.88. The Morgan fingerprint density at radius 2 is 1.85 bits per heavy atom. The first-order valence-electron chi connectivity index (χ1n) is 8.98. The number of amides is 2. The first kappa shape index (κ1) is 16.5. The normalized spacial score (nSPS) is 16.2. The number of urea groups is 1. The standard InChI is InChI=1S/C22H23N3O/c1-16-7-5-9-18(15-16)23-22(26)25-14-13-24-12-6-11-20(24)21(25)19-10-4-3-8-17(19)2/h3-12,15,21H,13-14H2,1-2H3,(H,23,26)/t21-/m0/s1. The molecular formula is C22H23N3O. The number of hydrogen-bond donors (Lipinski definition) is 1. The van der Waals surface area contributed by atoms with Gasteiger partial charge in [-0.05, 0) is 54.8 Å². The molecule has 0 bridgehead atoms. The van der Waals surface area contributed by atoms with Crippen LogP contribution in [-0.2, 0) is 6.54 Å². The summed E-state index contributed by atoms with van der Waals surface area (Å²) in [5.74, 6) is 0. The first-order valence-corrected chi connectivity index (χ1v) is 8.98. The number of hydrogen-bond acceptors (Lipinski definition) is 1. The molecule has 4 rings (SSSR count). The molecule has 1 aromatic heterocycles. The van der Waals surface area contributed by atoms with Crippen LogP contribution < -0.4 is 5.32 Å². The largest absolute Gasteiger partial charge is 0.348 e. The number of fused-ring (bicyclic) bond motifs is 1. The van der Waals surface area contributed by atoms with Gasteiger partial charge in [-0.3, -0.25) is 0 Å². The van der Waals surface area contributed by atoms with E-state index in [1.807, 2.05) is 48.2 Å². The lowest BCUT2D eigenvalue weighted by atomic mass is 9.96. The van der Waals surface area contributed by atoms with Crippen molar-refractivity contribution in [2.24, 2.45) is 0 Å². The molecule has 1 aliphatic heterocycles. The molecule has 2 aromatic carbocycles. The third kappa shape index (κ3) is 2.99. The summed E-state index contributed by atoms with van der Waals surface area (Å²) < 4.78 is 2.24. The highest BCUT2D eigenvalue weighted by Crippen LogP contribution is 2.34. The number of carbonyl (C=O) groups is 1. The SMILES string of the molecule is Cc1cccc(NC(=O)N2CCn3cccc3[C@@H]2c2ccccc2C)c1. The van der Waals surface area contributed by atoms with Gasteiger partial charge in [-0.15, -0.1) is 0 Å². The number of benzene rings is 2. The maximum atomic E-state index is 13.1. The summed E-state index contributed by atoms with van der Waals surface area (Å²) in [6.45, 7) is 5.62. The molecule has 0 saturated heterocycles. The summed E-state index contributed by atoms with van der Waals surface area (Å²) in [4.78, 5) is 15.1. The summed E-state index contributed by atoms with van der Waals surface area (Å²) in [7, 11) is 0. The van der Waals surface area contributed by atoms with Gasteiger partial charge >= 0.3 is 6.03 Å². The Balaban J connectivity index is 1.70. The highest BCUT2D eigenvalue weighted by atomic mass is 16.2. The second-order valence-corrected chi connectivity index (χ2v) is 6.88. The topological polar surface area (TPSA) is 37.3 Å². The summed E-state index contributed by atoms with van der Waals surface area (Å²) in [5, 5.41) is 3.07. The van der Waals surface area contributed by atoms with E-state index in [0.29, 0.717) is 6.54 Å². The van der Waals surface area contributed by atoms with Gasteiger partial charge in [0.25, 0.3) is 0 Å². The second kappa shape index (κ2) is 6.71. The van der Waals surface area contributed by atoms with E-state index in [1.165, 1.54) is 11.1 Å². The van der Waals surface area contributed by atoms with Crippen LogP contribution in [0.1, 0.15) is 28.4 Å². The van der Waals surface area contributed by atoms with E-state index in [2.05, 4.69) is 47.3 Å². The van der Waals surface area contributed by atoms with Gasteiger partial charge in [-0.1, -0.05) is 36.4 Å². The number of aromatic nitrogens is 1. The van der Waals surface area contributed by atoms with Crippen molar-refractivity contribution in [3.05, 3.63) is 89.2 Å². The van der Waals surface area contributed by atoms with Gasteiger partial charge in [-0.25, -0.2) is 4.79 Å². The van der Waals surface area contributed by atoms with Crippen molar-refractivity contribution in [3.8, 4) is 0 Å². The lowest BCUT2D eigenvalue weighted by Crippen LogP contribution is -2.44. The smallest absolute Gasteiger partial charge is 0.322 e. The van der Waals surface area contributed by atoms with E-state index < -0.39 is 0 Å². The quantitative estimate of drug-likeness (QED) is 0.715. The molecule has 26 heavy (non-hydrogen) atoms. The zero-order valence-corrected chi connectivity index (χ0v) is 15.1. The zero-order chi connectivity index (χ0) is 18.1. The number of aryl methyl sites for hydroxylation is 2. The maximum Gasteiger partial charge on any atom is 0.322 e. The number of carbonyl (C=O) groups excluding carboxylic acids is 1. The van der Waals surface area contributed by atoms with Gasteiger partial charge < -0.3 is 14.8 Å². The minimum Gasteiger partial charge on any atom is -0.348 e. The minimum atomic E-state index is -0.0789. The third-order valence-corrected chi connectivity index (χ3v) is 5.05. The van der Waals surface area contributed by atoms with Crippen molar-refractivity contribution in [2.45, 2.75) is 26.4 Å². The molecule has 1 atom stereocenters. The third-order valence-electron chi connectivity index (χ3n) is 5.05. The first-order chi connectivity index (χ1) is 12.6. The van der Waals surface area contributed by atoms with E-state index >= 15 is 0 Å². The Labute approximate surface area is 154 Å². The predicted molar refractivity (Wildman–Crippen MR) is 104 cm³/mol. The summed E-state index contributed by atoms with van der Waals surface area (Å²) in [5.41, 5.74) is 5.49. The summed E-state index contributed by atoms with van der Waals surface area (Å²) >= 11 is 0. The Bertz CT molecular complexity index is 944. The molecule has 0 saturated carbocycles. The fraction of sp³-hybridized carbons (Fsp3) is 0.227. The highest BCUT2D eigenvalue weighted by molar-refractivity contribution is 5.90. The predicted octanol–water partition coefficient (Wildman–Crippen LogP) is 4.74. The van der Waals surface area contributed by atoms with Crippen molar-refractivity contribution in [3.63, 3.8) is 0 Å². The monoisotopic (exact) mass is 345 g/mol. The van der Waals surface area contributed by atoms with Crippen LogP contribution in [0.25, 0.3) is 0 Å². The van der Waals surface area contributed by atoms with Gasteiger partial charge in [0.1, 0.15) is 0 Å². The van der Waals surface area contributed by atoms with Crippen molar-refractivity contribution in [1.82, 2.24) is 9.47 Å². The van der Waals surface area contributed by atoms with Gasteiger partial charge in [0.05, 0.1) is 6.04 Å².